The quantitative estimate of drug-likeness (QED) is 0.340. The number of ether oxygens (including phenoxy) is 2. The molecule has 1 aromatic carbocycles. The molecule has 0 aliphatic heterocycles. The lowest BCUT2D eigenvalue weighted by molar-refractivity contribution is -0.144. The van der Waals surface area contributed by atoms with Gasteiger partial charge in [0.05, 0.1) is 13.0 Å². The van der Waals surface area contributed by atoms with E-state index in [1.165, 1.54) is 4.90 Å². The van der Waals surface area contributed by atoms with Gasteiger partial charge in [0, 0.05) is 13.1 Å². The zero-order valence-electron chi connectivity index (χ0n) is 24.4. The number of amides is 3. The Morgan fingerprint density at radius 2 is 1.63 bits per heavy atom. The molecule has 0 aliphatic carbocycles. The van der Waals surface area contributed by atoms with Crippen LogP contribution in [0, 0.1) is 5.92 Å². The number of carbonyl (C=O) groups excluding carboxylic acids is 4. The standard InChI is InChI=1S/C29H47N3O6/c1-9-18-32(27(35)23(19-20(4)5)31-28(36)38-29(6,7)8)25(22-14-12-21(10-2)13-15-22)26(34)30-17-16-24(33)37-11-3/h12-15,20,23,25H,9-11,16-19H2,1-8H3,(H,30,34)(H,31,36). The van der Waals surface area contributed by atoms with Gasteiger partial charge in [0.25, 0.3) is 0 Å². The van der Waals surface area contributed by atoms with Crippen LogP contribution in [0.2, 0.25) is 0 Å². The van der Waals surface area contributed by atoms with E-state index in [1.54, 1.807) is 27.7 Å². The summed E-state index contributed by atoms with van der Waals surface area (Å²) in [4.78, 5) is 53.4. The number of carbonyl (C=O) groups is 4. The average Bonchev–Trinajstić information content (AvgIpc) is 2.82. The van der Waals surface area contributed by atoms with Crippen LogP contribution in [0.25, 0.3) is 0 Å². The van der Waals surface area contributed by atoms with Crippen molar-refractivity contribution in [1.29, 1.82) is 0 Å². The third-order valence-corrected chi connectivity index (χ3v) is 5.64. The molecule has 1 aromatic rings. The maximum atomic E-state index is 14.0. The Morgan fingerprint density at radius 3 is 2.13 bits per heavy atom. The van der Waals surface area contributed by atoms with E-state index in [4.69, 9.17) is 9.47 Å². The van der Waals surface area contributed by atoms with Gasteiger partial charge in [0.2, 0.25) is 11.8 Å². The molecule has 2 atom stereocenters. The molecule has 0 spiro atoms. The summed E-state index contributed by atoms with van der Waals surface area (Å²) in [7, 11) is 0. The minimum absolute atomic E-state index is 0.0268. The van der Waals surface area contributed by atoms with Crippen LogP contribution in [0.3, 0.4) is 0 Å². The highest BCUT2D eigenvalue weighted by atomic mass is 16.6. The lowest BCUT2D eigenvalue weighted by Crippen LogP contribution is -2.53. The van der Waals surface area contributed by atoms with E-state index in [2.05, 4.69) is 10.6 Å². The molecule has 0 fully saturated rings. The molecule has 0 aliphatic rings. The highest BCUT2D eigenvalue weighted by Crippen LogP contribution is 2.25. The Balaban J connectivity index is 3.36. The lowest BCUT2D eigenvalue weighted by Gasteiger charge is -2.35. The van der Waals surface area contributed by atoms with E-state index in [0.29, 0.717) is 24.9 Å². The third kappa shape index (κ3) is 11.5. The highest BCUT2D eigenvalue weighted by Gasteiger charge is 2.36. The number of nitrogens with zero attached hydrogens (tertiary/aromatic N) is 1. The molecule has 2 N–H and O–H groups in total. The number of benzene rings is 1. The SMILES string of the molecule is CCCN(C(=O)C(CC(C)C)NC(=O)OC(C)(C)C)C(C(=O)NCCC(=O)OCC)c1ccc(CC)cc1. The van der Waals surface area contributed by atoms with Crippen molar-refractivity contribution < 1.29 is 28.7 Å². The topological polar surface area (TPSA) is 114 Å². The summed E-state index contributed by atoms with van der Waals surface area (Å²) in [6.45, 7) is 15.5. The van der Waals surface area contributed by atoms with Crippen LogP contribution in [0.5, 0.6) is 0 Å². The van der Waals surface area contributed by atoms with Gasteiger partial charge in [-0.25, -0.2) is 4.79 Å². The van der Waals surface area contributed by atoms with Crippen molar-refractivity contribution in [2.24, 2.45) is 5.92 Å². The van der Waals surface area contributed by atoms with Crippen molar-refractivity contribution in [3.63, 3.8) is 0 Å². The number of hydrogen-bond donors (Lipinski definition) is 2. The molecule has 2 unspecified atom stereocenters. The second-order valence-corrected chi connectivity index (χ2v) is 10.7. The summed E-state index contributed by atoms with van der Waals surface area (Å²) in [5.41, 5.74) is 1.03. The average molecular weight is 534 g/mol. The Labute approximate surface area is 228 Å². The van der Waals surface area contributed by atoms with Crippen molar-refractivity contribution >= 4 is 23.9 Å². The summed E-state index contributed by atoms with van der Waals surface area (Å²) < 4.78 is 10.4. The van der Waals surface area contributed by atoms with Crippen molar-refractivity contribution in [1.82, 2.24) is 15.5 Å². The Morgan fingerprint density at radius 1 is 1.00 bits per heavy atom. The lowest BCUT2D eigenvalue weighted by atomic mass is 9.98. The molecule has 0 radical (unpaired) electrons. The molecule has 3 amide bonds. The molecule has 214 valence electrons. The molecule has 0 aromatic heterocycles. The number of hydrogen-bond acceptors (Lipinski definition) is 6. The Hall–Kier alpha value is -3.10. The van der Waals surface area contributed by atoms with Gasteiger partial charge in [-0.05, 0) is 64.0 Å². The molecule has 9 heteroatoms. The number of esters is 1. The molecular formula is C29H47N3O6. The Kier molecular flexibility index (Phi) is 13.9. The van der Waals surface area contributed by atoms with Crippen LogP contribution < -0.4 is 10.6 Å². The van der Waals surface area contributed by atoms with Crippen LogP contribution in [-0.4, -0.2) is 60.1 Å². The third-order valence-electron chi connectivity index (χ3n) is 5.64. The second kappa shape index (κ2) is 16.0. The first-order valence-electron chi connectivity index (χ1n) is 13.6. The number of aryl methyl sites for hydroxylation is 1. The number of rotatable bonds is 14. The van der Waals surface area contributed by atoms with E-state index in [0.717, 1.165) is 12.0 Å². The first kappa shape index (κ1) is 32.9. The van der Waals surface area contributed by atoms with Gasteiger partial charge in [-0.3, -0.25) is 14.4 Å². The van der Waals surface area contributed by atoms with Gasteiger partial charge < -0.3 is 25.0 Å². The number of nitrogens with one attached hydrogen (secondary N) is 2. The molecule has 0 saturated carbocycles. The van der Waals surface area contributed by atoms with Crippen LogP contribution in [0.1, 0.15) is 91.8 Å². The molecule has 38 heavy (non-hydrogen) atoms. The van der Waals surface area contributed by atoms with Gasteiger partial charge in [-0.15, -0.1) is 0 Å². The van der Waals surface area contributed by atoms with E-state index in [-0.39, 0.29) is 31.4 Å². The van der Waals surface area contributed by atoms with Crippen LogP contribution in [-0.2, 0) is 30.3 Å². The second-order valence-electron chi connectivity index (χ2n) is 10.7. The molecule has 0 saturated heterocycles. The summed E-state index contributed by atoms with van der Waals surface area (Å²) in [6, 6.07) is 5.76. The van der Waals surface area contributed by atoms with E-state index < -0.39 is 35.7 Å². The summed E-state index contributed by atoms with van der Waals surface area (Å²) in [5.74, 6) is -1.07. The predicted molar refractivity (Wildman–Crippen MR) is 147 cm³/mol. The van der Waals surface area contributed by atoms with Gasteiger partial charge in [0.15, 0.2) is 0 Å². The first-order valence-corrected chi connectivity index (χ1v) is 13.6. The zero-order valence-corrected chi connectivity index (χ0v) is 24.4. The van der Waals surface area contributed by atoms with Crippen molar-refractivity contribution in [3.05, 3.63) is 35.4 Å². The van der Waals surface area contributed by atoms with Gasteiger partial charge in [-0.1, -0.05) is 52.0 Å². The zero-order chi connectivity index (χ0) is 28.9. The largest absolute Gasteiger partial charge is 0.466 e. The molecule has 0 heterocycles. The van der Waals surface area contributed by atoms with Gasteiger partial charge in [-0.2, -0.15) is 0 Å². The summed E-state index contributed by atoms with van der Waals surface area (Å²) in [5, 5.41) is 5.53. The fourth-order valence-corrected chi connectivity index (χ4v) is 3.98. The van der Waals surface area contributed by atoms with Crippen LogP contribution >= 0.6 is 0 Å². The van der Waals surface area contributed by atoms with Crippen molar-refractivity contribution in [3.8, 4) is 0 Å². The normalized spacial score (nSPS) is 12.9. The maximum absolute atomic E-state index is 14.0. The smallest absolute Gasteiger partial charge is 0.408 e. The minimum Gasteiger partial charge on any atom is -0.466 e. The van der Waals surface area contributed by atoms with Crippen molar-refractivity contribution in [2.75, 3.05) is 19.7 Å². The molecule has 1 rings (SSSR count). The monoisotopic (exact) mass is 533 g/mol. The van der Waals surface area contributed by atoms with Crippen molar-refractivity contribution in [2.45, 2.75) is 98.8 Å². The highest BCUT2D eigenvalue weighted by molar-refractivity contribution is 5.92. The fourth-order valence-electron chi connectivity index (χ4n) is 3.98. The van der Waals surface area contributed by atoms with E-state index in [9.17, 15) is 19.2 Å². The minimum atomic E-state index is -0.939. The van der Waals surface area contributed by atoms with Crippen LogP contribution in [0.15, 0.2) is 24.3 Å². The Bertz CT molecular complexity index is 908. The summed E-state index contributed by atoms with van der Waals surface area (Å²) >= 11 is 0. The molecule has 0 bridgehead atoms. The predicted octanol–water partition coefficient (Wildman–Crippen LogP) is 4.54. The summed E-state index contributed by atoms with van der Waals surface area (Å²) in [6.07, 6.45) is 1.16. The van der Waals surface area contributed by atoms with Crippen LogP contribution in [0.4, 0.5) is 4.79 Å². The van der Waals surface area contributed by atoms with E-state index in [1.807, 2.05) is 52.0 Å². The van der Waals surface area contributed by atoms with E-state index >= 15 is 0 Å². The molecule has 9 nitrogen and oxygen atoms in total. The fraction of sp³-hybridized carbons (Fsp3) is 0.655. The first-order chi connectivity index (χ1) is 17.8. The van der Waals surface area contributed by atoms with Gasteiger partial charge in [0.1, 0.15) is 17.7 Å². The molecular weight excluding hydrogens is 486 g/mol. The maximum Gasteiger partial charge on any atom is 0.408 e. The number of alkyl carbamates (subject to hydrolysis) is 1. The van der Waals surface area contributed by atoms with Gasteiger partial charge >= 0.3 is 12.1 Å².